The van der Waals surface area contributed by atoms with Crippen LogP contribution >= 0.6 is 23.2 Å². The van der Waals surface area contributed by atoms with Gasteiger partial charge in [0.25, 0.3) is 0 Å². The maximum Gasteiger partial charge on any atom is 0.393 e. The van der Waals surface area contributed by atoms with E-state index in [1.807, 2.05) is 0 Å². The highest BCUT2D eigenvalue weighted by molar-refractivity contribution is 6.36. The van der Waals surface area contributed by atoms with Gasteiger partial charge in [-0.15, -0.1) is 0 Å². The number of pyridine rings is 1. The Balaban J connectivity index is 2.69. The third kappa shape index (κ3) is 4.81. The molecule has 0 fully saturated rings. The van der Waals surface area contributed by atoms with Gasteiger partial charge >= 0.3 is 12.1 Å². The smallest absolute Gasteiger partial charge is 0.393 e. The minimum absolute atomic E-state index is 0.0441. The first kappa shape index (κ1) is 21.2. The molecule has 1 aromatic heterocycles. The lowest BCUT2D eigenvalue weighted by Gasteiger charge is -2.15. The van der Waals surface area contributed by atoms with Crippen LogP contribution in [0.4, 0.5) is 23.2 Å². The number of benzene rings is 1. The van der Waals surface area contributed by atoms with Gasteiger partial charge in [0.15, 0.2) is 5.69 Å². The van der Waals surface area contributed by atoms with E-state index in [1.54, 1.807) is 6.92 Å². The van der Waals surface area contributed by atoms with Gasteiger partial charge < -0.3 is 10.1 Å². The predicted octanol–water partition coefficient (Wildman–Crippen LogP) is 5.52. The molecule has 0 spiro atoms. The Kier molecular flexibility index (Phi) is 6.54. The normalized spacial score (nSPS) is 11.4. The van der Waals surface area contributed by atoms with Crippen LogP contribution in [0.5, 0.6) is 0 Å². The van der Waals surface area contributed by atoms with E-state index >= 15 is 0 Å². The maximum atomic E-state index is 14.8. The average Bonchev–Trinajstić information content (AvgIpc) is 2.59. The summed E-state index contributed by atoms with van der Waals surface area (Å²) < 4.78 is 57.6. The number of anilines is 1. The summed E-state index contributed by atoms with van der Waals surface area (Å²) in [4.78, 5) is 15.9. The van der Waals surface area contributed by atoms with Gasteiger partial charge in [-0.1, -0.05) is 23.2 Å². The number of alkyl halides is 3. The first-order valence-corrected chi connectivity index (χ1v) is 8.41. The topological polar surface area (TPSA) is 51.2 Å². The molecule has 0 bridgehead atoms. The second-order valence-electron chi connectivity index (χ2n) is 5.42. The van der Waals surface area contributed by atoms with Gasteiger partial charge in [0.05, 0.1) is 29.9 Å². The van der Waals surface area contributed by atoms with Gasteiger partial charge in [0, 0.05) is 22.7 Å². The first-order chi connectivity index (χ1) is 12.6. The molecule has 1 heterocycles. The summed E-state index contributed by atoms with van der Waals surface area (Å²) in [6.07, 6.45) is -6.19. The lowest BCUT2D eigenvalue weighted by atomic mass is 10.0. The fraction of sp³-hybridized carbons (Fsp3) is 0.294. The molecule has 27 heavy (non-hydrogen) atoms. The van der Waals surface area contributed by atoms with Gasteiger partial charge in [0.2, 0.25) is 0 Å². The molecule has 0 radical (unpaired) electrons. The molecule has 4 nitrogen and oxygen atoms in total. The number of methoxy groups -OCH3 is 1. The zero-order valence-corrected chi connectivity index (χ0v) is 15.7. The van der Waals surface area contributed by atoms with Crippen LogP contribution in [0, 0.1) is 5.82 Å². The molecular weight excluding hydrogens is 411 g/mol. The van der Waals surface area contributed by atoms with Gasteiger partial charge in [-0.25, -0.2) is 14.2 Å². The van der Waals surface area contributed by atoms with Crippen LogP contribution in [0.25, 0.3) is 11.3 Å². The molecule has 2 rings (SSSR count). The number of aromatic nitrogens is 1. The second-order valence-corrected chi connectivity index (χ2v) is 6.20. The molecule has 0 saturated carbocycles. The van der Waals surface area contributed by atoms with E-state index in [4.69, 9.17) is 23.2 Å². The van der Waals surface area contributed by atoms with Crippen LogP contribution < -0.4 is 5.32 Å². The third-order valence-electron chi connectivity index (χ3n) is 3.54. The van der Waals surface area contributed by atoms with E-state index in [0.717, 1.165) is 13.2 Å². The number of carbonyl (C=O) groups is 1. The minimum atomic E-state index is -4.65. The molecular formula is C17H14Cl2F4N2O2. The Morgan fingerprint density at radius 3 is 2.52 bits per heavy atom. The van der Waals surface area contributed by atoms with E-state index < -0.39 is 29.9 Å². The number of rotatable bonds is 5. The molecule has 1 aromatic carbocycles. The Labute approximate surface area is 162 Å². The number of nitrogens with zero attached hydrogens (tertiary/aromatic N) is 1. The van der Waals surface area contributed by atoms with Crippen molar-refractivity contribution in [2.24, 2.45) is 0 Å². The summed E-state index contributed by atoms with van der Waals surface area (Å²) in [5.74, 6) is -2.04. The number of ether oxygens (including phenoxy) is 1. The van der Waals surface area contributed by atoms with Crippen LogP contribution in [0.2, 0.25) is 10.0 Å². The van der Waals surface area contributed by atoms with Crippen LogP contribution in [0.3, 0.4) is 0 Å². The largest absolute Gasteiger partial charge is 0.464 e. The van der Waals surface area contributed by atoms with Crippen molar-refractivity contribution >= 4 is 34.9 Å². The second kappa shape index (κ2) is 8.31. The van der Waals surface area contributed by atoms with Crippen molar-refractivity contribution in [2.45, 2.75) is 19.5 Å². The number of esters is 1. The molecule has 0 atom stereocenters. The standard InChI is InChI=1S/C17H14Cl2F4N2O2/c1-3-24-12-6-11(25-15(13(12)19)16(26)27-2)8-4-5-10(18)9(14(8)20)7-17(21,22)23/h4-6H,3,7H2,1-2H3,(H,24,25). The number of hydrogen-bond acceptors (Lipinski definition) is 4. The molecule has 10 heteroatoms. The maximum absolute atomic E-state index is 14.8. The summed E-state index contributed by atoms with van der Waals surface area (Å²) in [5, 5.41) is 2.48. The third-order valence-corrected chi connectivity index (χ3v) is 4.28. The van der Waals surface area contributed by atoms with Gasteiger partial charge in [-0.05, 0) is 25.1 Å². The Bertz CT molecular complexity index is 873. The van der Waals surface area contributed by atoms with Crippen molar-refractivity contribution in [3.05, 3.63) is 45.3 Å². The average molecular weight is 425 g/mol. The van der Waals surface area contributed by atoms with Crippen molar-refractivity contribution in [1.29, 1.82) is 0 Å². The zero-order chi connectivity index (χ0) is 20.4. The Morgan fingerprint density at radius 1 is 1.30 bits per heavy atom. The Hall–Kier alpha value is -2.06. The monoisotopic (exact) mass is 424 g/mol. The summed E-state index contributed by atoms with van der Waals surface area (Å²) >= 11 is 11.9. The molecule has 2 aromatic rings. The van der Waals surface area contributed by atoms with Crippen molar-refractivity contribution in [3.63, 3.8) is 0 Å². The predicted molar refractivity (Wildman–Crippen MR) is 94.9 cm³/mol. The highest BCUT2D eigenvalue weighted by atomic mass is 35.5. The van der Waals surface area contributed by atoms with Crippen molar-refractivity contribution in [2.75, 3.05) is 19.0 Å². The zero-order valence-electron chi connectivity index (χ0n) is 14.2. The van der Waals surface area contributed by atoms with Gasteiger partial charge in [-0.2, -0.15) is 13.2 Å². The molecule has 0 aliphatic heterocycles. The summed E-state index contributed by atoms with van der Waals surface area (Å²) in [5.41, 5.74) is -1.08. The first-order valence-electron chi connectivity index (χ1n) is 7.65. The van der Waals surface area contributed by atoms with Gasteiger partial charge in [0.1, 0.15) is 5.82 Å². The molecule has 1 N–H and O–H groups in total. The molecule has 0 amide bonds. The summed E-state index contributed by atoms with van der Waals surface area (Å²) in [6.45, 7) is 2.19. The van der Waals surface area contributed by atoms with Crippen LogP contribution in [0.1, 0.15) is 23.0 Å². The van der Waals surface area contributed by atoms with Crippen molar-refractivity contribution in [3.8, 4) is 11.3 Å². The number of halogens is 6. The van der Waals surface area contributed by atoms with Crippen LogP contribution in [-0.4, -0.2) is 30.8 Å². The molecule has 0 saturated heterocycles. The lowest BCUT2D eigenvalue weighted by Crippen LogP contribution is -2.14. The van der Waals surface area contributed by atoms with E-state index in [-0.39, 0.29) is 32.7 Å². The van der Waals surface area contributed by atoms with E-state index in [2.05, 4.69) is 15.0 Å². The van der Waals surface area contributed by atoms with E-state index in [0.29, 0.717) is 6.54 Å². The molecule has 0 unspecified atom stereocenters. The number of nitrogens with one attached hydrogen (secondary N) is 1. The fourth-order valence-corrected chi connectivity index (χ4v) is 2.83. The fourth-order valence-electron chi connectivity index (χ4n) is 2.38. The lowest BCUT2D eigenvalue weighted by molar-refractivity contribution is -0.127. The number of carbonyl (C=O) groups excluding carboxylic acids is 1. The minimum Gasteiger partial charge on any atom is -0.464 e. The molecule has 146 valence electrons. The van der Waals surface area contributed by atoms with Gasteiger partial charge in [-0.3, -0.25) is 0 Å². The highest BCUT2D eigenvalue weighted by Gasteiger charge is 2.32. The van der Waals surface area contributed by atoms with E-state index in [9.17, 15) is 22.4 Å². The molecule has 0 aliphatic carbocycles. The van der Waals surface area contributed by atoms with Crippen LogP contribution in [-0.2, 0) is 11.2 Å². The Morgan fingerprint density at radius 2 is 1.96 bits per heavy atom. The summed E-state index contributed by atoms with van der Waals surface area (Å²) in [6, 6.07) is 3.66. The quantitative estimate of drug-likeness (QED) is 0.507. The van der Waals surface area contributed by atoms with Crippen molar-refractivity contribution < 1.29 is 27.1 Å². The molecule has 0 aliphatic rings. The van der Waals surface area contributed by atoms with E-state index in [1.165, 1.54) is 12.1 Å². The summed E-state index contributed by atoms with van der Waals surface area (Å²) in [7, 11) is 1.12. The van der Waals surface area contributed by atoms with Crippen LogP contribution in [0.15, 0.2) is 18.2 Å². The van der Waals surface area contributed by atoms with Crippen molar-refractivity contribution in [1.82, 2.24) is 4.98 Å². The number of hydrogen-bond donors (Lipinski definition) is 1. The SMILES string of the molecule is CCNc1cc(-c2ccc(Cl)c(CC(F)(F)F)c2F)nc(C(=O)OC)c1Cl. The highest BCUT2D eigenvalue weighted by Crippen LogP contribution is 2.36.